The molecule has 0 radical (unpaired) electrons. The van der Waals surface area contributed by atoms with Crippen LogP contribution in [0.3, 0.4) is 0 Å². The SMILES string of the molecule is c1ccc(-c2c3c(cc4c2c2cc(-c5cccc6ccccc56)ccc2n4-c2ccc(N(c4ccccc4)c4cccc5ccccc45)cc2)oc2ccccc23)cc1. The molecule has 2 aromatic heterocycles. The smallest absolute Gasteiger partial charge is 0.138 e. The van der Waals surface area contributed by atoms with Gasteiger partial charge in [-0.15, -0.1) is 0 Å². The second-order valence-electron chi connectivity index (χ2n) is 15.3. The molecule has 0 saturated heterocycles. The van der Waals surface area contributed by atoms with Crippen molar-refractivity contribution in [3.63, 3.8) is 0 Å². The van der Waals surface area contributed by atoms with Crippen LogP contribution in [-0.2, 0) is 0 Å². The van der Waals surface area contributed by atoms with Gasteiger partial charge in [-0.3, -0.25) is 0 Å². The van der Waals surface area contributed by atoms with Gasteiger partial charge in [0.05, 0.1) is 16.7 Å². The fraction of sp³-hybridized carbons (Fsp3) is 0. The Balaban J connectivity index is 1.14. The van der Waals surface area contributed by atoms with Crippen LogP contribution in [0, 0.1) is 0 Å². The molecule has 0 saturated carbocycles. The summed E-state index contributed by atoms with van der Waals surface area (Å²) in [4.78, 5) is 2.36. The molecule has 0 spiro atoms. The lowest BCUT2D eigenvalue weighted by Gasteiger charge is -2.27. The van der Waals surface area contributed by atoms with Gasteiger partial charge in [-0.2, -0.15) is 0 Å². The van der Waals surface area contributed by atoms with Gasteiger partial charge in [-0.1, -0.05) is 152 Å². The minimum Gasteiger partial charge on any atom is -0.456 e. The highest BCUT2D eigenvalue weighted by molar-refractivity contribution is 6.27. The Morgan fingerprint density at radius 2 is 1.00 bits per heavy atom. The van der Waals surface area contributed by atoms with E-state index < -0.39 is 0 Å². The summed E-state index contributed by atoms with van der Waals surface area (Å²) in [6, 6.07) is 78.6. The van der Waals surface area contributed by atoms with Crippen LogP contribution in [0.25, 0.3) is 93.2 Å². The summed E-state index contributed by atoms with van der Waals surface area (Å²) in [5.41, 5.74) is 13.2. The van der Waals surface area contributed by atoms with Crippen LogP contribution < -0.4 is 4.90 Å². The third-order valence-electron chi connectivity index (χ3n) is 11.9. The number of anilines is 3. The lowest BCUT2D eigenvalue weighted by atomic mass is 9.93. The number of para-hydroxylation sites is 2. The fourth-order valence-corrected chi connectivity index (χ4v) is 9.36. The zero-order chi connectivity index (χ0) is 38.9. The van der Waals surface area contributed by atoms with Gasteiger partial charge in [0.1, 0.15) is 11.2 Å². The van der Waals surface area contributed by atoms with E-state index in [9.17, 15) is 0 Å². The van der Waals surface area contributed by atoms with Crippen LogP contribution in [0.15, 0.2) is 223 Å². The Morgan fingerprint density at radius 1 is 0.373 bits per heavy atom. The minimum absolute atomic E-state index is 0.874. The molecule has 3 heteroatoms. The van der Waals surface area contributed by atoms with E-state index in [2.05, 4.69) is 228 Å². The van der Waals surface area contributed by atoms with Crippen LogP contribution in [0.4, 0.5) is 17.1 Å². The fourth-order valence-electron chi connectivity index (χ4n) is 9.36. The van der Waals surface area contributed by atoms with E-state index in [0.717, 1.165) is 61.3 Å². The second kappa shape index (κ2) is 13.4. The maximum absolute atomic E-state index is 6.71. The number of benzene rings is 10. The molecular weight excluding hydrogens is 717 g/mol. The Hall–Kier alpha value is -7.88. The van der Waals surface area contributed by atoms with Crippen LogP contribution in [0.2, 0.25) is 0 Å². The number of rotatable bonds is 6. The van der Waals surface area contributed by atoms with Gasteiger partial charge in [0.25, 0.3) is 0 Å². The molecular formula is C56H36N2O. The third kappa shape index (κ3) is 5.29. The molecule has 0 aliphatic rings. The molecule has 0 bridgehead atoms. The Bertz CT molecular complexity index is 3530. The van der Waals surface area contributed by atoms with Crippen molar-refractivity contribution in [2.75, 3.05) is 4.90 Å². The average molecular weight is 753 g/mol. The summed E-state index contributed by atoms with van der Waals surface area (Å²) < 4.78 is 9.14. The van der Waals surface area contributed by atoms with Crippen molar-refractivity contribution in [1.29, 1.82) is 0 Å². The number of fused-ring (bicyclic) bond motifs is 8. The highest BCUT2D eigenvalue weighted by Crippen LogP contribution is 2.47. The van der Waals surface area contributed by atoms with E-state index in [1.165, 1.54) is 49.0 Å². The number of nitrogens with zero attached hydrogens (tertiary/aromatic N) is 2. The van der Waals surface area contributed by atoms with Gasteiger partial charge >= 0.3 is 0 Å². The first-order valence-electron chi connectivity index (χ1n) is 20.2. The number of hydrogen-bond donors (Lipinski definition) is 0. The molecule has 276 valence electrons. The molecule has 0 amide bonds. The lowest BCUT2D eigenvalue weighted by Crippen LogP contribution is -2.10. The first-order valence-corrected chi connectivity index (χ1v) is 20.2. The largest absolute Gasteiger partial charge is 0.456 e. The second-order valence-corrected chi connectivity index (χ2v) is 15.3. The van der Waals surface area contributed by atoms with Crippen molar-refractivity contribution in [2.45, 2.75) is 0 Å². The van der Waals surface area contributed by atoms with Crippen molar-refractivity contribution < 1.29 is 4.42 Å². The lowest BCUT2D eigenvalue weighted by molar-refractivity contribution is 0.669. The van der Waals surface area contributed by atoms with Crippen molar-refractivity contribution in [1.82, 2.24) is 4.57 Å². The molecule has 12 rings (SSSR count). The third-order valence-corrected chi connectivity index (χ3v) is 11.9. The van der Waals surface area contributed by atoms with Gasteiger partial charge < -0.3 is 13.9 Å². The number of aromatic nitrogens is 1. The summed E-state index contributed by atoms with van der Waals surface area (Å²) in [6.07, 6.45) is 0. The van der Waals surface area contributed by atoms with Crippen LogP contribution >= 0.6 is 0 Å². The van der Waals surface area contributed by atoms with Crippen molar-refractivity contribution >= 4 is 82.4 Å². The van der Waals surface area contributed by atoms with Crippen molar-refractivity contribution in [2.24, 2.45) is 0 Å². The molecule has 0 N–H and O–H groups in total. The number of hydrogen-bond acceptors (Lipinski definition) is 2. The monoisotopic (exact) mass is 752 g/mol. The molecule has 3 nitrogen and oxygen atoms in total. The van der Waals surface area contributed by atoms with Gasteiger partial charge in [0.15, 0.2) is 0 Å². The molecule has 0 aliphatic heterocycles. The highest BCUT2D eigenvalue weighted by Gasteiger charge is 2.24. The van der Waals surface area contributed by atoms with Gasteiger partial charge in [0.2, 0.25) is 0 Å². The van der Waals surface area contributed by atoms with Crippen LogP contribution in [0.1, 0.15) is 0 Å². The van der Waals surface area contributed by atoms with E-state index >= 15 is 0 Å². The normalized spacial score (nSPS) is 11.7. The summed E-state index contributed by atoms with van der Waals surface area (Å²) >= 11 is 0. The minimum atomic E-state index is 0.874. The highest BCUT2D eigenvalue weighted by atomic mass is 16.3. The van der Waals surface area contributed by atoms with Crippen LogP contribution in [0.5, 0.6) is 0 Å². The van der Waals surface area contributed by atoms with E-state index in [0.29, 0.717) is 0 Å². The standard InChI is InChI=1S/C56H36N2O/c1-3-17-39(18-4-1)54-55-48-35-40(45-26-13-19-37-15-7-9-23-44(37)45)29-34-50(48)58(51(55)36-53-56(54)47-25-11-12-28-52(47)59-53)43-32-30-42(31-33-43)57(41-21-5-2-6-22-41)49-27-14-20-38-16-8-10-24-46(38)49/h1-36H. The number of furan rings is 1. The zero-order valence-corrected chi connectivity index (χ0v) is 32.1. The Labute approximate surface area is 341 Å². The molecule has 59 heavy (non-hydrogen) atoms. The molecule has 0 fully saturated rings. The first kappa shape index (κ1) is 33.3. The summed E-state index contributed by atoms with van der Waals surface area (Å²) in [7, 11) is 0. The maximum Gasteiger partial charge on any atom is 0.138 e. The molecule has 10 aromatic carbocycles. The molecule has 0 unspecified atom stereocenters. The van der Waals surface area contributed by atoms with E-state index in [4.69, 9.17) is 4.42 Å². The predicted molar refractivity (Wildman–Crippen MR) is 249 cm³/mol. The predicted octanol–water partition coefficient (Wildman–Crippen LogP) is 15.8. The molecule has 12 aromatic rings. The van der Waals surface area contributed by atoms with E-state index in [1.807, 2.05) is 0 Å². The van der Waals surface area contributed by atoms with Crippen LogP contribution in [-0.4, -0.2) is 4.57 Å². The zero-order valence-electron chi connectivity index (χ0n) is 32.1. The molecule has 0 atom stereocenters. The van der Waals surface area contributed by atoms with E-state index in [-0.39, 0.29) is 0 Å². The summed E-state index contributed by atoms with van der Waals surface area (Å²) in [5.74, 6) is 0. The average Bonchev–Trinajstić information content (AvgIpc) is 3.84. The summed E-state index contributed by atoms with van der Waals surface area (Å²) in [6.45, 7) is 0. The van der Waals surface area contributed by atoms with E-state index in [1.54, 1.807) is 0 Å². The summed E-state index contributed by atoms with van der Waals surface area (Å²) in [5, 5.41) is 9.55. The van der Waals surface area contributed by atoms with Crippen molar-refractivity contribution in [3.8, 4) is 27.9 Å². The quantitative estimate of drug-likeness (QED) is 0.169. The maximum atomic E-state index is 6.71. The first-order chi connectivity index (χ1) is 29.3. The molecule has 2 heterocycles. The Morgan fingerprint density at radius 3 is 1.80 bits per heavy atom. The van der Waals surface area contributed by atoms with Gasteiger partial charge in [-0.25, -0.2) is 0 Å². The molecule has 0 aliphatic carbocycles. The van der Waals surface area contributed by atoms with Gasteiger partial charge in [0, 0.05) is 55.6 Å². The Kier molecular flexibility index (Phi) is 7.54. The topological polar surface area (TPSA) is 21.3 Å². The van der Waals surface area contributed by atoms with Gasteiger partial charge in [-0.05, 0) is 93.5 Å². The van der Waals surface area contributed by atoms with Crippen molar-refractivity contribution in [3.05, 3.63) is 218 Å².